The summed E-state index contributed by atoms with van der Waals surface area (Å²) in [5.41, 5.74) is 1.06. The van der Waals surface area contributed by atoms with Gasteiger partial charge in [0.1, 0.15) is 5.75 Å². The lowest BCUT2D eigenvalue weighted by Gasteiger charge is -2.13. The maximum Gasteiger partial charge on any atom is 0.203 e. The van der Waals surface area contributed by atoms with Crippen molar-refractivity contribution in [2.45, 2.75) is 13.0 Å². The Morgan fingerprint density at radius 3 is 2.55 bits per heavy atom. The molecule has 0 heterocycles. The molecule has 4 heteroatoms. The molecule has 0 aliphatic carbocycles. The molecule has 2 rings (SSSR count). The minimum atomic E-state index is -0.624. The van der Waals surface area contributed by atoms with Gasteiger partial charge in [-0.3, -0.25) is 4.79 Å². The van der Waals surface area contributed by atoms with E-state index < -0.39 is 6.10 Å². The Balaban J connectivity index is 2.09. The van der Waals surface area contributed by atoms with Crippen molar-refractivity contribution < 1.29 is 9.53 Å². The van der Waals surface area contributed by atoms with Crippen LogP contribution in [0.2, 0.25) is 5.02 Å². The summed E-state index contributed by atoms with van der Waals surface area (Å²) in [5, 5.41) is 9.23. The van der Waals surface area contributed by atoms with E-state index in [1.54, 1.807) is 55.5 Å². The monoisotopic (exact) mass is 285 g/mol. The summed E-state index contributed by atoms with van der Waals surface area (Å²) in [6.07, 6.45) is -0.624. The summed E-state index contributed by atoms with van der Waals surface area (Å²) >= 11 is 5.86. The van der Waals surface area contributed by atoms with Crippen LogP contribution in [0.4, 0.5) is 0 Å². The topological polar surface area (TPSA) is 50.1 Å². The Morgan fingerprint density at radius 2 is 1.95 bits per heavy atom. The third kappa shape index (κ3) is 3.37. The molecule has 0 unspecified atom stereocenters. The van der Waals surface area contributed by atoms with Crippen LogP contribution in [0.15, 0.2) is 48.5 Å². The minimum Gasteiger partial charge on any atom is -0.483 e. The Kier molecular flexibility index (Phi) is 4.39. The van der Waals surface area contributed by atoms with Crippen molar-refractivity contribution in [3.05, 3.63) is 64.7 Å². The van der Waals surface area contributed by atoms with Crippen LogP contribution in [0.25, 0.3) is 0 Å². The molecule has 0 spiro atoms. The molecule has 100 valence electrons. The fourth-order valence-corrected chi connectivity index (χ4v) is 1.93. The number of nitrogens with zero attached hydrogens (tertiary/aromatic N) is 1. The molecule has 0 saturated heterocycles. The molecular weight excluding hydrogens is 274 g/mol. The zero-order chi connectivity index (χ0) is 14.5. The van der Waals surface area contributed by atoms with E-state index >= 15 is 0 Å². The highest BCUT2D eigenvalue weighted by Gasteiger charge is 2.17. The van der Waals surface area contributed by atoms with Crippen molar-refractivity contribution in [2.75, 3.05) is 0 Å². The number of benzene rings is 2. The molecule has 2 aromatic rings. The third-order valence-electron chi connectivity index (χ3n) is 2.77. The fraction of sp³-hybridized carbons (Fsp3) is 0.125. The van der Waals surface area contributed by atoms with Crippen LogP contribution in [0.3, 0.4) is 0 Å². The summed E-state index contributed by atoms with van der Waals surface area (Å²) in [4.78, 5) is 12.2. The molecule has 3 nitrogen and oxygen atoms in total. The Labute approximate surface area is 122 Å². The maximum absolute atomic E-state index is 12.2. The van der Waals surface area contributed by atoms with Crippen LogP contribution >= 0.6 is 11.6 Å². The number of ether oxygens (including phenoxy) is 1. The number of halogens is 1. The average Bonchev–Trinajstić information content (AvgIpc) is 2.47. The van der Waals surface area contributed by atoms with E-state index in [2.05, 4.69) is 0 Å². The van der Waals surface area contributed by atoms with E-state index in [4.69, 9.17) is 21.6 Å². The van der Waals surface area contributed by atoms with Crippen molar-refractivity contribution in [1.29, 1.82) is 5.26 Å². The second-order valence-corrected chi connectivity index (χ2v) is 4.71. The molecule has 0 aliphatic rings. The SMILES string of the molecule is C[C@H](Oc1ccc(C#N)cc1)C(=O)c1cccc(Cl)c1. The predicted molar refractivity (Wildman–Crippen MR) is 77.0 cm³/mol. The van der Waals surface area contributed by atoms with Gasteiger partial charge in [0.15, 0.2) is 6.10 Å². The van der Waals surface area contributed by atoms with Gasteiger partial charge in [0.25, 0.3) is 0 Å². The van der Waals surface area contributed by atoms with E-state index in [9.17, 15) is 4.79 Å². The largest absolute Gasteiger partial charge is 0.483 e. The highest BCUT2D eigenvalue weighted by Crippen LogP contribution is 2.17. The van der Waals surface area contributed by atoms with Gasteiger partial charge in [0.05, 0.1) is 11.6 Å². The minimum absolute atomic E-state index is 0.142. The van der Waals surface area contributed by atoms with Gasteiger partial charge in [-0.1, -0.05) is 23.7 Å². The Bertz CT molecular complexity index is 659. The third-order valence-corrected chi connectivity index (χ3v) is 3.01. The van der Waals surface area contributed by atoms with E-state index in [1.807, 2.05) is 6.07 Å². The number of nitriles is 1. The summed E-state index contributed by atoms with van der Waals surface area (Å²) in [7, 11) is 0. The second kappa shape index (κ2) is 6.23. The van der Waals surface area contributed by atoms with Crippen molar-refractivity contribution in [2.24, 2.45) is 0 Å². The van der Waals surface area contributed by atoms with Gasteiger partial charge >= 0.3 is 0 Å². The Morgan fingerprint density at radius 1 is 1.25 bits per heavy atom. The number of carbonyl (C=O) groups excluding carboxylic acids is 1. The van der Waals surface area contributed by atoms with Gasteiger partial charge in [-0.25, -0.2) is 0 Å². The fourth-order valence-electron chi connectivity index (χ4n) is 1.74. The second-order valence-electron chi connectivity index (χ2n) is 4.27. The number of hydrogen-bond acceptors (Lipinski definition) is 3. The maximum atomic E-state index is 12.2. The summed E-state index contributed by atoms with van der Waals surface area (Å²) in [5.74, 6) is 0.406. The standard InChI is InChI=1S/C16H12ClNO2/c1-11(16(19)13-3-2-4-14(17)9-13)20-15-7-5-12(10-18)6-8-15/h2-9,11H,1H3/t11-/m0/s1. The number of carbonyl (C=O) groups is 1. The van der Waals surface area contributed by atoms with Crippen LogP contribution in [-0.4, -0.2) is 11.9 Å². The number of Topliss-reactive ketones (excluding diaryl/α,β-unsaturated/α-hetero) is 1. The molecule has 0 N–H and O–H groups in total. The molecule has 0 saturated carbocycles. The lowest BCUT2D eigenvalue weighted by Crippen LogP contribution is -2.23. The van der Waals surface area contributed by atoms with Crippen LogP contribution < -0.4 is 4.74 Å². The smallest absolute Gasteiger partial charge is 0.203 e. The lowest BCUT2D eigenvalue weighted by molar-refractivity contribution is 0.0818. The highest BCUT2D eigenvalue weighted by atomic mass is 35.5. The van der Waals surface area contributed by atoms with Crippen LogP contribution in [-0.2, 0) is 0 Å². The van der Waals surface area contributed by atoms with E-state index in [0.717, 1.165) is 0 Å². The van der Waals surface area contributed by atoms with Crippen LogP contribution in [0, 0.1) is 11.3 Å². The number of ketones is 1. The molecule has 2 aromatic carbocycles. The van der Waals surface area contributed by atoms with E-state index in [1.165, 1.54) is 0 Å². The predicted octanol–water partition coefficient (Wildman–Crippen LogP) is 3.86. The quantitative estimate of drug-likeness (QED) is 0.802. The molecule has 0 bridgehead atoms. The average molecular weight is 286 g/mol. The number of hydrogen-bond donors (Lipinski definition) is 0. The molecule has 0 amide bonds. The highest BCUT2D eigenvalue weighted by molar-refractivity contribution is 6.31. The Hall–Kier alpha value is -2.31. The molecule has 20 heavy (non-hydrogen) atoms. The number of rotatable bonds is 4. The zero-order valence-corrected chi connectivity index (χ0v) is 11.6. The first kappa shape index (κ1) is 14.1. The first-order valence-corrected chi connectivity index (χ1v) is 6.44. The van der Waals surface area contributed by atoms with Gasteiger partial charge in [-0.2, -0.15) is 5.26 Å². The first-order valence-electron chi connectivity index (χ1n) is 6.07. The summed E-state index contributed by atoms with van der Waals surface area (Å²) in [6.45, 7) is 1.68. The van der Waals surface area contributed by atoms with Crippen molar-refractivity contribution in [1.82, 2.24) is 0 Å². The molecule has 0 aromatic heterocycles. The van der Waals surface area contributed by atoms with Crippen molar-refractivity contribution >= 4 is 17.4 Å². The molecule has 1 atom stereocenters. The van der Waals surface area contributed by atoms with Gasteiger partial charge < -0.3 is 4.74 Å². The van der Waals surface area contributed by atoms with Crippen LogP contribution in [0.1, 0.15) is 22.8 Å². The first-order chi connectivity index (χ1) is 9.60. The summed E-state index contributed by atoms with van der Waals surface area (Å²) < 4.78 is 5.57. The van der Waals surface area contributed by atoms with Gasteiger partial charge in [0.2, 0.25) is 5.78 Å². The van der Waals surface area contributed by atoms with E-state index in [-0.39, 0.29) is 5.78 Å². The lowest BCUT2D eigenvalue weighted by atomic mass is 10.1. The molecular formula is C16H12ClNO2. The van der Waals surface area contributed by atoms with Crippen molar-refractivity contribution in [3.63, 3.8) is 0 Å². The normalized spacial score (nSPS) is 11.4. The van der Waals surface area contributed by atoms with Crippen molar-refractivity contribution in [3.8, 4) is 11.8 Å². The molecule has 0 radical (unpaired) electrons. The molecule has 0 aliphatic heterocycles. The van der Waals surface area contributed by atoms with E-state index in [0.29, 0.717) is 21.9 Å². The molecule has 0 fully saturated rings. The van der Waals surface area contributed by atoms with Gasteiger partial charge in [-0.15, -0.1) is 0 Å². The van der Waals surface area contributed by atoms with Gasteiger partial charge in [0, 0.05) is 10.6 Å². The zero-order valence-electron chi connectivity index (χ0n) is 10.8. The van der Waals surface area contributed by atoms with Crippen LogP contribution in [0.5, 0.6) is 5.75 Å². The summed E-state index contributed by atoms with van der Waals surface area (Å²) in [6, 6.07) is 15.4. The van der Waals surface area contributed by atoms with Gasteiger partial charge in [-0.05, 0) is 43.3 Å².